The van der Waals surface area contributed by atoms with Gasteiger partial charge < -0.3 is 35.9 Å². The van der Waals surface area contributed by atoms with Crippen LogP contribution in [0.3, 0.4) is 0 Å². The van der Waals surface area contributed by atoms with Crippen LogP contribution in [0, 0.1) is 6.92 Å². The van der Waals surface area contributed by atoms with Crippen LogP contribution in [0.25, 0.3) is 0 Å². The van der Waals surface area contributed by atoms with E-state index in [1.54, 1.807) is 6.92 Å². The standard InChI is InChI=1S/C6H13NO5.C5H6N2O2/c7-3(1-8)5(11)6(12)4(10)2-9;1-3-2-6-5(9)7-4(3)8/h1,3-6,9-12H,2,7H2;2H,1H3,(H2,6,7,8,9)/t3-,4+,5+,6+;/m0./s1. The van der Waals surface area contributed by atoms with Gasteiger partial charge in [-0.3, -0.25) is 9.78 Å². The number of rotatable bonds is 5. The number of carbonyl (C=O) groups is 1. The lowest BCUT2D eigenvalue weighted by molar-refractivity contribution is -0.118. The Morgan fingerprint density at radius 3 is 2.24 bits per heavy atom. The zero-order valence-corrected chi connectivity index (χ0v) is 11.3. The van der Waals surface area contributed by atoms with Gasteiger partial charge in [0.05, 0.1) is 12.6 Å². The van der Waals surface area contributed by atoms with Gasteiger partial charge in [0.15, 0.2) is 0 Å². The third-order valence-corrected chi connectivity index (χ3v) is 2.49. The van der Waals surface area contributed by atoms with Gasteiger partial charge in [0.1, 0.15) is 24.6 Å². The van der Waals surface area contributed by atoms with Crippen molar-refractivity contribution < 1.29 is 25.2 Å². The van der Waals surface area contributed by atoms with Crippen molar-refractivity contribution in [3.63, 3.8) is 0 Å². The number of aliphatic hydroxyl groups excluding tert-OH is 4. The van der Waals surface area contributed by atoms with E-state index in [0.717, 1.165) is 0 Å². The Balaban J connectivity index is 0.000000394. The molecule has 0 aliphatic heterocycles. The minimum Gasteiger partial charge on any atom is -0.394 e. The molecule has 4 atom stereocenters. The highest BCUT2D eigenvalue weighted by molar-refractivity contribution is 5.58. The van der Waals surface area contributed by atoms with Crippen molar-refractivity contribution in [1.82, 2.24) is 9.97 Å². The van der Waals surface area contributed by atoms with Crippen molar-refractivity contribution in [2.24, 2.45) is 5.73 Å². The fraction of sp³-hybridized carbons (Fsp3) is 0.545. The molecule has 0 bridgehead atoms. The molecular weight excluding hydrogens is 286 g/mol. The number of hydrogen-bond acceptors (Lipinski definition) is 8. The molecule has 0 unspecified atom stereocenters. The Bertz CT molecular complexity index is 541. The van der Waals surface area contributed by atoms with Crippen LogP contribution < -0.4 is 17.0 Å². The SMILES string of the molecule is Cc1c[nH]c(=O)[nH]c1=O.N[C@@H](C=O)[C@@H](O)[C@H](O)[C@H](O)CO. The zero-order chi connectivity index (χ0) is 16.6. The lowest BCUT2D eigenvalue weighted by Crippen LogP contribution is -2.49. The molecule has 10 nitrogen and oxygen atoms in total. The van der Waals surface area contributed by atoms with Gasteiger partial charge in [-0.15, -0.1) is 0 Å². The molecule has 1 aromatic heterocycles. The molecule has 0 aliphatic rings. The number of hydrogen-bond donors (Lipinski definition) is 7. The Kier molecular flexibility index (Phi) is 8.35. The highest BCUT2D eigenvalue weighted by Gasteiger charge is 2.28. The third kappa shape index (κ3) is 6.42. The number of aromatic nitrogens is 2. The second kappa shape index (κ2) is 9.15. The smallest absolute Gasteiger partial charge is 0.325 e. The Hall–Kier alpha value is -1.85. The maximum absolute atomic E-state index is 10.6. The van der Waals surface area contributed by atoms with Crippen molar-refractivity contribution in [1.29, 1.82) is 0 Å². The Labute approximate surface area is 118 Å². The highest BCUT2D eigenvalue weighted by atomic mass is 16.4. The molecule has 1 rings (SSSR count). The summed E-state index contributed by atoms with van der Waals surface area (Å²) in [7, 11) is 0. The minimum atomic E-state index is -1.62. The van der Waals surface area contributed by atoms with Gasteiger partial charge in [-0.05, 0) is 6.92 Å². The summed E-state index contributed by atoms with van der Waals surface area (Å²) in [4.78, 5) is 35.3. The van der Waals surface area contributed by atoms with E-state index in [1.807, 2.05) is 0 Å². The number of aromatic amines is 2. The van der Waals surface area contributed by atoms with Crippen LogP contribution >= 0.6 is 0 Å². The molecule has 120 valence electrons. The van der Waals surface area contributed by atoms with Gasteiger partial charge in [-0.1, -0.05) is 0 Å². The van der Waals surface area contributed by atoms with E-state index in [0.29, 0.717) is 5.56 Å². The zero-order valence-electron chi connectivity index (χ0n) is 11.3. The average molecular weight is 305 g/mol. The molecule has 0 spiro atoms. The minimum absolute atomic E-state index is 0.248. The van der Waals surface area contributed by atoms with Crippen molar-refractivity contribution in [2.75, 3.05) is 6.61 Å². The molecule has 10 heteroatoms. The van der Waals surface area contributed by atoms with Gasteiger partial charge >= 0.3 is 5.69 Å². The molecule has 0 radical (unpaired) electrons. The highest BCUT2D eigenvalue weighted by Crippen LogP contribution is 2.01. The van der Waals surface area contributed by atoms with Crippen LogP contribution in [-0.4, -0.2) is 67.6 Å². The summed E-state index contributed by atoms with van der Waals surface area (Å²) in [6.45, 7) is 0.915. The second-order valence-corrected chi connectivity index (χ2v) is 4.20. The monoisotopic (exact) mass is 305 g/mol. The van der Waals surface area contributed by atoms with E-state index in [4.69, 9.17) is 26.2 Å². The molecular formula is C11H19N3O7. The number of H-pyrrole nitrogens is 2. The lowest BCUT2D eigenvalue weighted by Gasteiger charge is -2.23. The lowest BCUT2D eigenvalue weighted by atomic mass is 10.0. The Morgan fingerprint density at radius 1 is 1.29 bits per heavy atom. The molecule has 0 saturated heterocycles. The van der Waals surface area contributed by atoms with Crippen LogP contribution in [0.4, 0.5) is 0 Å². The van der Waals surface area contributed by atoms with Gasteiger partial charge in [0, 0.05) is 11.8 Å². The molecule has 1 aromatic rings. The fourth-order valence-corrected chi connectivity index (χ4v) is 1.12. The van der Waals surface area contributed by atoms with Crippen LogP contribution in [0.2, 0.25) is 0 Å². The molecule has 0 fully saturated rings. The third-order valence-electron chi connectivity index (χ3n) is 2.49. The van der Waals surface area contributed by atoms with Crippen LogP contribution in [-0.2, 0) is 4.79 Å². The molecule has 0 saturated carbocycles. The molecule has 1 heterocycles. The first-order valence-electron chi connectivity index (χ1n) is 5.89. The van der Waals surface area contributed by atoms with Gasteiger partial charge in [-0.25, -0.2) is 4.79 Å². The normalized spacial score (nSPS) is 16.1. The molecule has 8 N–H and O–H groups in total. The van der Waals surface area contributed by atoms with E-state index in [-0.39, 0.29) is 11.8 Å². The summed E-state index contributed by atoms with van der Waals surface area (Å²) in [5.41, 5.74) is 4.75. The first-order chi connectivity index (χ1) is 9.74. The van der Waals surface area contributed by atoms with Crippen LogP contribution in [0.5, 0.6) is 0 Å². The van der Waals surface area contributed by atoms with Gasteiger partial charge in [0.25, 0.3) is 5.56 Å². The fourth-order valence-electron chi connectivity index (χ4n) is 1.12. The number of aldehydes is 1. The maximum Gasteiger partial charge on any atom is 0.325 e. The van der Waals surface area contributed by atoms with Crippen molar-refractivity contribution in [3.8, 4) is 0 Å². The number of nitrogens with one attached hydrogen (secondary N) is 2. The van der Waals surface area contributed by atoms with Crippen LogP contribution in [0.1, 0.15) is 5.56 Å². The molecule has 0 aliphatic carbocycles. The largest absolute Gasteiger partial charge is 0.394 e. The van der Waals surface area contributed by atoms with Crippen LogP contribution in [0.15, 0.2) is 15.8 Å². The summed E-state index contributed by atoms with van der Waals surface area (Å²) in [6, 6.07) is -1.26. The van der Waals surface area contributed by atoms with Crippen molar-refractivity contribution in [3.05, 3.63) is 32.6 Å². The second-order valence-electron chi connectivity index (χ2n) is 4.20. The topological polar surface area (TPSA) is 190 Å². The predicted octanol–water partition coefficient (Wildman–Crippen LogP) is -4.04. The molecule has 0 amide bonds. The summed E-state index contributed by atoms with van der Waals surface area (Å²) < 4.78 is 0. The van der Waals surface area contributed by atoms with E-state index in [1.165, 1.54) is 6.20 Å². The van der Waals surface area contributed by atoms with Crippen molar-refractivity contribution in [2.45, 2.75) is 31.3 Å². The maximum atomic E-state index is 10.6. The summed E-state index contributed by atoms with van der Waals surface area (Å²) >= 11 is 0. The predicted molar refractivity (Wildman–Crippen MR) is 71.6 cm³/mol. The summed E-state index contributed by atoms with van der Waals surface area (Å²) in [6.07, 6.45) is -3.05. The quantitative estimate of drug-likeness (QED) is 0.267. The number of aryl methyl sites for hydroxylation is 1. The summed E-state index contributed by atoms with van der Waals surface area (Å²) in [5, 5.41) is 35.2. The number of carbonyl (C=O) groups excluding carboxylic acids is 1. The first-order valence-corrected chi connectivity index (χ1v) is 5.89. The first kappa shape index (κ1) is 19.1. The van der Waals surface area contributed by atoms with E-state index < -0.39 is 36.7 Å². The van der Waals surface area contributed by atoms with E-state index >= 15 is 0 Å². The molecule has 21 heavy (non-hydrogen) atoms. The summed E-state index contributed by atoms with van der Waals surface area (Å²) in [5.74, 6) is 0. The Morgan fingerprint density at radius 2 is 1.86 bits per heavy atom. The van der Waals surface area contributed by atoms with Gasteiger partial charge in [0.2, 0.25) is 0 Å². The molecule has 0 aromatic carbocycles. The van der Waals surface area contributed by atoms with Crippen molar-refractivity contribution >= 4 is 6.29 Å². The number of aliphatic hydroxyl groups is 4. The van der Waals surface area contributed by atoms with E-state index in [2.05, 4.69) is 9.97 Å². The number of nitrogens with two attached hydrogens (primary N) is 1. The van der Waals surface area contributed by atoms with E-state index in [9.17, 15) is 14.4 Å². The van der Waals surface area contributed by atoms with Gasteiger partial charge in [-0.2, -0.15) is 0 Å². The average Bonchev–Trinajstić information content (AvgIpc) is 2.48.